The summed E-state index contributed by atoms with van der Waals surface area (Å²) in [5.74, 6) is -2.88. The third-order valence-corrected chi connectivity index (χ3v) is 11.4. The van der Waals surface area contributed by atoms with Crippen LogP contribution in [0.1, 0.15) is 31.2 Å². The summed E-state index contributed by atoms with van der Waals surface area (Å²) in [7, 11) is 3.23. The van der Waals surface area contributed by atoms with Gasteiger partial charge in [-0.25, -0.2) is 17.6 Å². The maximum Gasteiger partial charge on any atom is 0.319 e. The summed E-state index contributed by atoms with van der Waals surface area (Å²) in [6.45, 7) is 5.29. The molecule has 0 aliphatic carbocycles. The number of nitrogens with zero attached hydrogens (tertiary/aromatic N) is 6. The van der Waals surface area contributed by atoms with E-state index in [0.29, 0.717) is 19.5 Å². The fourth-order valence-electron chi connectivity index (χ4n) is 8.11. The van der Waals surface area contributed by atoms with Gasteiger partial charge in [-0.2, -0.15) is 15.2 Å². The summed E-state index contributed by atoms with van der Waals surface area (Å²) in [6.07, 6.45) is 2.61. The Morgan fingerprint density at radius 2 is 2.08 bits per heavy atom. The third-order valence-electron chi connectivity index (χ3n) is 10.4. The number of aromatic nitrogens is 2. The molecule has 262 valence electrons. The maximum absolute atomic E-state index is 17.0. The van der Waals surface area contributed by atoms with Gasteiger partial charge in [0, 0.05) is 44.4 Å². The third kappa shape index (κ3) is 5.41. The van der Waals surface area contributed by atoms with E-state index < -0.39 is 40.8 Å². The molecule has 5 heterocycles. The smallest absolute Gasteiger partial charge is 0.319 e. The number of nitrogen functional groups attached to an aromatic ring is 1. The van der Waals surface area contributed by atoms with Crippen LogP contribution >= 0.6 is 11.3 Å². The Balaban J connectivity index is 1.39. The molecule has 0 bridgehead atoms. The molecule has 4 aromatic rings. The van der Waals surface area contributed by atoms with Gasteiger partial charge in [-0.1, -0.05) is 12.6 Å². The van der Waals surface area contributed by atoms with Crippen molar-refractivity contribution in [3.05, 3.63) is 53.9 Å². The Morgan fingerprint density at radius 1 is 1.28 bits per heavy atom. The van der Waals surface area contributed by atoms with E-state index in [1.165, 1.54) is 19.3 Å². The van der Waals surface area contributed by atoms with Gasteiger partial charge >= 0.3 is 6.01 Å². The molecule has 10 nitrogen and oxygen atoms in total. The quantitative estimate of drug-likeness (QED) is 0.176. The molecule has 1 amide bonds. The average molecular weight is 710 g/mol. The van der Waals surface area contributed by atoms with Crippen molar-refractivity contribution in [1.29, 1.82) is 5.26 Å². The molecule has 3 aliphatic rings. The Kier molecular flexibility index (Phi) is 8.82. The SMILES string of the molecule is C=CC(=O)N1CCC(N(C)c2nc(OCC34CCCN3CC(F)C4)nc3c(F)c(-c4ccc(F)c5sc(N)c(C#N)c45)c(F)cc23)C1COC. The normalized spacial score (nSPS) is 23.5. The van der Waals surface area contributed by atoms with E-state index in [0.717, 1.165) is 42.9 Å². The van der Waals surface area contributed by atoms with E-state index in [2.05, 4.69) is 21.4 Å². The predicted octanol–water partition coefficient (Wildman–Crippen LogP) is 5.58. The maximum atomic E-state index is 17.0. The number of anilines is 2. The van der Waals surface area contributed by atoms with Crippen LogP contribution in [0.5, 0.6) is 6.01 Å². The zero-order valence-corrected chi connectivity index (χ0v) is 28.3. The number of nitriles is 1. The largest absolute Gasteiger partial charge is 0.461 e. The van der Waals surface area contributed by atoms with Crippen molar-refractivity contribution >= 4 is 49.1 Å². The number of rotatable bonds is 9. The average Bonchev–Trinajstić information content (AvgIpc) is 3.85. The highest BCUT2D eigenvalue weighted by Gasteiger charge is 2.49. The van der Waals surface area contributed by atoms with Crippen LogP contribution in [0.15, 0.2) is 30.9 Å². The number of benzene rings is 2. The highest BCUT2D eigenvalue weighted by molar-refractivity contribution is 7.23. The molecule has 2 aromatic carbocycles. The fourth-order valence-corrected chi connectivity index (χ4v) is 9.05. The van der Waals surface area contributed by atoms with Gasteiger partial charge in [0.1, 0.15) is 46.8 Å². The number of likely N-dealkylation sites (tertiary alicyclic amines) is 1. The number of halogens is 4. The highest BCUT2D eigenvalue weighted by atomic mass is 32.1. The lowest BCUT2D eigenvalue weighted by Gasteiger charge is -2.34. The van der Waals surface area contributed by atoms with Gasteiger partial charge in [0.2, 0.25) is 5.91 Å². The minimum atomic E-state index is -1.07. The molecule has 0 radical (unpaired) electrons. The van der Waals surface area contributed by atoms with Gasteiger partial charge in [-0.3, -0.25) is 9.69 Å². The molecule has 0 saturated carbocycles. The highest BCUT2D eigenvalue weighted by Crippen LogP contribution is 2.45. The first-order valence-corrected chi connectivity index (χ1v) is 17.1. The van der Waals surface area contributed by atoms with Crippen LogP contribution in [0.2, 0.25) is 0 Å². The van der Waals surface area contributed by atoms with Crippen molar-refractivity contribution < 1.29 is 31.8 Å². The molecule has 4 unspecified atom stereocenters. The summed E-state index contributed by atoms with van der Waals surface area (Å²) in [4.78, 5) is 27.3. The van der Waals surface area contributed by atoms with Crippen LogP contribution < -0.4 is 15.4 Å². The van der Waals surface area contributed by atoms with E-state index in [4.69, 9.17) is 15.2 Å². The molecule has 2 N–H and O–H groups in total. The predicted molar refractivity (Wildman–Crippen MR) is 182 cm³/mol. The minimum Gasteiger partial charge on any atom is -0.461 e. The molecular formula is C35H35F4N7O3S. The van der Waals surface area contributed by atoms with Crippen molar-refractivity contribution in [2.45, 2.75) is 49.5 Å². The van der Waals surface area contributed by atoms with Gasteiger partial charge < -0.3 is 25.0 Å². The van der Waals surface area contributed by atoms with E-state index in [9.17, 15) is 18.8 Å². The Morgan fingerprint density at radius 3 is 2.82 bits per heavy atom. The molecule has 3 saturated heterocycles. The molecule has 0 spiro atoms. The molecule has 50 heavy (non-hydrogen) atoms. The van der Waals surface area contributed by atoms with E-state index in [-0.39, 0.29) is 80.5 Å². The second kappa shape index (κ2) is 13.0. The number of carbonyl (C=O) groups excluding carboxylic acids is 1. The molecule has 4 atom stereocenters. The monoisotopic (exact) mass is 709 g/mol. The first-order chi connectivity index (χ1) is 24.0. The number of amides is 1. The van der Waals surface area contributed by atoms with Crippen molar-refractivity contribution in [1.82, 2.24) is 19.8 Å². The number of fused-ring (bicyclic) bond motifs is 3. The molecule has 3 aliphatic heterocycles. The summed E-state index contributed by atoms with van der Waals surface area (Å²) in [6, 6.07) is 4.31. The molecule has 3 fully saturated rings. The van der Waals surface area contributed by atoms with Crippen molar-refractivity contribution in [2.75, 3.05) is 57.6 Å². The van der Waals surface area contributed by atoms with Gasteiger partial charge in [-0.05, 0) is 49.6 Å². The first kappa shape index (κ1) is 34.0. The number of ether oxygens (including phenoxy) is 2. The zero-order valence-electron chi connectivity index (χ0n) is 27.5. The lowest BCUT2D eigenvalue weighted by atomic mass is 9.95. The molecule has 7 rings (SSSR count). The minimum absolute atomic E-state index is 0.00204. The second-order valence-electron chi connectivity index (χ2n) is 13.1. The standard InChI is InChI=1S/C35H35F4N7O3S/c1-4-26(47)46-11-8-24(25(46)16-48-3)44(2)33-20-12-23(38)28(19-6-7-22(37)31-27(19)21(14-40)32(41)50-31)29(39)30(20)42-34(43-33)49-17-35-9-5-10-45(35)15-18(36)13-35/h4,6-7,12,18,24-25H,1,5,8-11,13,15-17,41H2,2-3H3. The summed E-state index contributed by atoms with van der Waals surface area (Å²) >= 11 is 0.819. The van der Waals surface area contributed by atoms with E-state index in [1.807, 2.05) is 6.07 Å². The summed E-state index contributed by atoms with van der Waals surface area (Å²) < 4.78 is 74.4. The van der Waals surface area contributed by atoms with Gasteiger partial charge in [0.15, 0.2) is 5.82 Å². The van der Waals surface area contributed by atoms with Crippen LogP contribution in [0.3, 0.4) is 0 Å². The van der Waals surface area contributed by atoms with Crippen LogP contribution in [0, 0.1) is 28.8 Å². The van der Waals surface area contributed by atoms with Crippen molar-refractivity contribution in [3.63, 3.8) is 0 Å². The van der Waals surface area contributed by atoms with Crippen molar-refractivity contribution in [2.24, 2.45) is 0 Å². The number of methoxy groups -OCH3 is 1. The summed E-state index contributed by atoms with van der Waals surface area (Å²) in [5.41, 5.74) is 4.52. The second-order valence-corrected chi connectivity index (χ2v) is 14.2. The Bertz CT molecular complexity index is 2070. The Hall–Kier alpha value is -4.52. The number of alkyl halides is 1. The fraction of sp³-hybridized carbons (Fsp3) is 0.429. The van der Waals surface area contributed by atoms with Crippen LogP contribution in [0.25, 0.3) is 32.1 Å². The van der Waals surface area contributed by atoms with E-state index in [1.54, 1.807) is 16.8 Å². The number of carbonyl (C=O) groups is 1. The lowest BCUT2D eigenvalue weighted by Crippen LogP contribution is -2.48. The van der Waals surface area contributed by atoms with E-state index >= 15 is 8.78 Å². The summed E-state index contributed by atoms with van der Waals surface area (Å²) in [5, 5.41) is 9.87. The van der Waals surface area contributed by atoms with Crippen LogP contribution in [-0.2, 0) is 9.53 Å². The Labute approximate surface area is 289 Å². The number of nitrogens with two attached hydrogens (primary N) is 1. The number of hydrogen-bond donors (Lipinski definition) is 1. The van der Waals surface area contributed by atoms with Gasteiger partial charge in [-0.15, -0.1) is 11.3 Å². The molecular weight excluding hydrogens is 674 g/mol. The number of thiophene rings is 1. The van der Waals surface area contributed by atoms with Gasteiger partial charge in [0.05, 0.1) is 40.1 Å². The van der Waals surface area contributed by atoms with Crippen LogP contribution in [-0.4, -0.2) is 96.5 Å². The lowest BCUT2D eigenvalue weighted by molar-refractivity contribution is -0.127. The van der Waals surface area contributed by atoms with Gasteiger partial charge in [0.25, 0.3) is 0 Å². The number of hydrogen-bond acceptors (Lipinski definition) is 10. The molecule has 2 aromatic heterocycles. The van der Waals surface area contributed by atoms with Crippen molar-refractivity contribution in [3.8, 4) is 23.2 Å². The number of likely N-dealkylation sites (N-methyl/N-ethyl adjacent to an activating group) is 1. The first-order valence-electron chi connectivity index (χ1n) is 16.3. The zero-order chi connectivity index (χ0) is 35.5. The topological polar surface area (TPSA) is 121 Å². The van der Waals surface area contributed by atoms with Crippen LogP contribution in [0.4, 0.5) is 28.4 Å². The molecule has 15 heteroatoms.